The first-order valence-electron chi connectivity index (χ1n) is 6.45. The maximum Gasteiger partial charge on any atom is 0.278 e. The van der Waals surface area contributed by atoms with Crippen LogP contribution in [-0.2, 0) is 0 Å². The number of anilines is 2. The molecule has 21 heavy (non-hydrogen) atoms. The number of halogens is 1. The summed E-state index contributed by atoms with van der Waals surface area (Å²) in [5.74, 6) is -0.0316. The number of benzene rings is 1. The fourth-order valence-corrected chi connectivity index (χ4v) is 2.48. The molecule has 1 heterocycles. The Kier molecular flexibility index (Phi) is 3.39. The Morgan fingerprint density at radius 2 is 2.29 bits per heavy atom. The number of nitriles is 1. The normalized spacial score (nSPS) is 13.7. The zero-order valence-corrected chi connectivity index (χ0v) is 12.6. The van der Waals surface area contributed by atoms with E-state index in [0.29, 0.717) is 22.9 Å². The van der Waals surface area contributed by atoms with Crippen molar-refractivity contribution in [2.45, 2.75) is 18.8 Å². The van der Waals surface area contributed by atoms with Crippen molar-refractivity contribution in [2.24, 2.45) is 0 Å². The molecular formula is C14H12BrN5O. The van der Waals surface area contributed by atoms with Crippen LogP contribution in [0.5, 0.6) is 0 Å². The Balaban J connectivity index is 1.85. The smallest absolute Gasteiger partial charge is 0.278 e. The molecule has 7 heteroatoms. The zero-order valence-electron chi connectivity index (χ0n) is 11.0. The minimum atomic E-state index is -0.422. The molecule has 0 saturated heterocycles. The molecule has 4 N–H and O–H groups in total. The van der Waals surface area contributed by atoms with Crippen LogP contribution in [-0.4, -0.2) is 16.1 Å². The van der Waals surface area contributed by atoms with Gasteiger partial charge in [-0.25, -0.2) is 0 Å². The number of nitrogens with one attached hydrogen (secondary N) is 2. The van der Waals surface area contributed by atoms with E-state index in [1.54, 1.807) is 18.2 Å². The van der Waals surface area contributed by atoms with E-state index in [1.165, 1.54) is 0 Å². The van der Waals surface area contributed by atoms with Gasteiger partial charge in [0.1, 0.15) is 6.07 Å². The van der Waals surface area contributed by atoms with Gasteiger partial charge in [0.2, 0.25) is 0 Å². The van der Waals surface area contributed by atoms with Crippen LogP contribution in [0.15, 0.2) is 22.7 Å². The number of hydrogen-bond acceptors (Lipinski definition) is 4. The molecule has 1 saturated carbocycles. The molecule has 0 radical (unpaired) electrons. The molecule has 0 spiro atoms. The number of aromatic amines is 1. The molecule has 1 aliphatic rings. The fourth-order valence-electron chi connectivity index (χ4n) is 2.12. The van der Waals surface area contributed by atoms with E-state index < -0.39 is 5.91 Å². The number of rotatable bonds is 3. The van der Waals surface area contributed by atoms with Crippen LogP contribution >= 0.6 is 15.9 Å². The van der Waals surface area contributed by atoms with Crippen molar-refractivity contribution < 1.29 is 4.79 Å². The van der Waals surface area contributed by atoms with Crippen LogP contribution < -0.4 is 11.1 Å². The molecule has 0 unspecified atom stereocenters. The van der Waals surface area contributed by atoms with Gasteiger partial charge in [-0.3, -0.25) is 9.89 Å². The third kappa shape index (κ3) is 2.62. The summed E-state index contributed by atoms with van der Waals surface area (Å²) in [7, 11) is 0. The number of aromatic nitrogens is 2. The Labute approximate surface area is 129 Å². The van der Waals surface area contributed by atoms with Gasteiger partial charge in [0, 0.05) is 10.4 Å². The van der Waals surface area contributed by atoms with Crippen molar-refractivity contribution in [3.05, 3.63) is 39.6 Å². The number of nitrogen functional groups attached to an aromatic ring is 1. The average Bonchev–Trinajstić information content (AvgIpc) is 3.23. The molecular weight excluding hydrogens is 334 g/mol. The number of carbonyl (C=O) groups is 1. The third-order valence-corrected chi connectivity index (χ3v) is 3.88. The number of nitrogens with two attached hydrogens (primary N) is 1. The molecule has 6 nitrogen and oxygen atoms in total. The summed E-state index contributed by atoms with van der Waals surface area (Å²) in [4.78, 5) is 12.2. The molecule has 106 valence electrons. The van der Waals surface area contributed by atoms with Crippen molar-refractivity contribution in [3.63, 3.8) is 0 Å². The van der Waals surface area contributed by atoms with Crippen LogP contribution in [0, 0.1) is 11.3 Å². The Bertz CT molecular complexity index is 757. The molecule has 3 rings (SSSR count). The van der Waals surface area contributed by atoms with Gasteiger partial charge in [0.15, 0.2) is 5.69 Å². The largest absolute Gasteiger partial charge is 0.395 e. The number of carbonyl (C=O) groups excluding carboxylic acids is 1. The highest BCUT2D eigenvalue weighted by Gasteiger charge is 2.30. The minimum absolute atomic E-state index is 0.170. The molecule has 1 fully saturated rings. The second kappa shape index (κ2) is 5.22. The van der Waals surface area contributed by atoms with Crippen LogP contribution in [0.25, 0.3) is 0 Å². The highest BCUT2D eigenvalue weighted by molar-refractivity contribution is 9.10. The quantitative estimate of drug-likeness (QED) is 0.794. The molecule has 1 aromatic heterocycles. The van der Waals surface area contributed by atoms with Gasteiger partial charge < -0.3 is 11.1 Å². The van der Waals surface area contributed by atoms with Crippen molar-refractivity contribution >= 4 is 33.2 Å². The summed E-state index contributed by atoms with van der Waals surface area (Å²) in [6, 6.07) is 7.08. The third-order valence-electron chi connectivity index (χ3n) is 3.38. The fraction of sp³-hybridized carbons (Fsp3) is 0.214. The maximum atomic E-state index is 12.2. The number of hydrogen-bond donors (Lipinski definition) is 3. The standard InChI is InChI=1S/C14H12BrN5O/c15-9-3-4-10(8(5-9)6-16)18-14(21)13-11(17)12(19-20-13)7-1-2-7/h3-5,7H,1-2,17H2,(H,18,21)(H,19,20). The van der Waals surface area contributed by atoms with E-state index in [-0.39, 0.29) is 5.69 Å². The highest BCUT2D eigenvalue weighted by Crippen LogP contribution is 2.42. The lowest BCUT2D eigenvalue weighted by atomic mass is 10.2. The Morgan fingerprint density at radius 3 is 2.95 bits per heavy atom. The molecule has 2 aromatic rings. The summed E-state index contributed by atoms with van der Waals surface area (Å²) >= 11 is 3.28. The molecule has 1 aromatic carbocycles. The molecule has 1 amide bonds. The first-order chi connectivity index (χ1) is 10.1. The Hall–Kier alpha value is -2.33. The van der Waals surface area contributed by atoms with Crippen molar-refractivity contribution in [2.75, 3.05) is 11.1 Å². The first kappa shape index (κ1) is 13.6. The lowest BCUT2D eigenvalue weighted by Gasteiger charge is -2.06. The number of H-pyrrole nitrogens is 1. The van der Waals surface area contributed by atoms with E-state index >= 15 is 0 Å². The summed E-state index contributed by atoms with van der Waals surface area (Å²) in [6.07, 6.45) is 2.14. The van der Waals surface area contributed by atoms with Crippen molar-refractivity contribution in [1.82, 2.24) is 10.2 Å². The predicted molar refractivity (Wildman–Crippen MR) is 81.8 cm³/mol. The van der Waals surface area contributed by atoms with Gasteiger partial charge in [-0.05, 0) is 31.0 Å². The summed E-state index contributed by atoms with van der Waals surface area (Å²) in [5, 5.41) is 18.6. The Morgan fingerprint density at radius 1 is 1.52 bits per heavy atom. The van der Waals surface area contributed by atoms with Gasteiger partial charge in [-0.15, -0.1) is 0 Å². The van der Waals surface area contributed by atoms with E-state index in [4.69, 9.17) is 11.0 Å². The molecule has 1 aliphatic carbocycles. The molecule has 0 aliphatic heterocycles. The maximum absolute atomic E-state index is 12.2. The van der Waals surface area contributed by atoms with Crippen molar-refractivity contribution in [1.29, 1.82) is 5.26 Å². The number of nitrogens with zero attached hydrogens (tertiary/aromatic N) is 2. The van der Waals surface area contributed by atoms with Crippen LogP contribution in [0.1, 0.15) is 40.5 Å². The zero-order chi connectivity index (χ0) is 15.0. The lowest BCUT2D eigenvalue weighted by molar-refractivity contribution is 0.102. The minimum Gasteiger partial charge on any atom is -0.395 e. The van der Waals surface area contributed by atoms with Crippen LogP contribution in [0.4, 0.5) is 11.4 Å². The predicted octanol–water partition coefficient (Wildman–Crippen LogP) is 2.76. The van der Waals surface area contributed by atoms with E-state index in [2.05, 4.69) is 31.4 Å². The van der Waals surface area contributed by atoms with Gasteiger partial charge in [0.25, 0.3) is 5.91 Å². The SMILES string of the molecule is N#Cc1cc(Br)ccc1NC(=O)c1n[nH]c(C2CC2)c1N. The lowest BCUT2D eigenvalue weighted by Crippen LogP contribution is -2.15. The van der Waals surface area contributed by atoms with Crippen molar-refractivity contribution in [3.8, 4) is 6.07 Å². The average molecular weight is 346 g/mol. The summed E-state index contributed by atoms with van der Waals surface area (Å²) in [6.45, 7) is 0. The van der Waals surface area contributed by atoms with Gasteiger partial charge in [0.05, 0.1) is 22.6 Å². The van der Waals surface area contributed by atoms with Gasteiger partial charge in [-0.1, -0.05) is 15.9 Å². The summed E-state index contributed by atoms with van der Waals surface area (Å²) in [5.41, 5.74) is 8.16. The van der Waals surface area contributed by atoms with Crippen LogP contribution in [0.3, 0.4) is 0 Å². The second-order valence-corrected chi connectivity index (χ2v) is 5.85. The first-order valence-corrected chi connectivity index (χ1v) is 7.24. The molecule has 0 atom stereocenters. The monoisotopic (exact) mass is 345 g/mol. The topological polar surface area (TPSA) is 108 Å². The van der Waals surface area contributed by atoms with Gasteiger partial charge >= 0.3 is 0 Å². The molecule has 0 bridgehead atoms. The van der Waals surface area contributed by atoms with E-state index in [9.17, 15) is 4.79 Å². The number of amides is 1. The van der Waals surface area contributed by atoms with Crippen LogP contribution in [0.2, 0.25) is 0 Å². The van der Waals surface area contributed by atoms with E-state index in [0.717, 1.165) is 23.0 Å². The second-order valence-electron chi connectivity index (χ2n) is 4.93. The van der Waals surface area contributed by atoms with E-state index in [1.807, 2.05) is 6.07 Å². The highest BCUT2D eigenvalue weighted by atomic mass is 79.9. The van der Waals surface area contributed by atoms with Gasteiger partial charge in [-0.2, -0.15) is 10.4 Å². The summed E-state index contributed by atoms with van der Waals surface area (Å²) < 4.78 is 0.771.